The summed E-state index contributed by atoms with van der Waals surface area (Å²) in [4.78, 5) is 10.3. The van der Waals surface area contributed by atoms with Crippen LogP contribution in [-0.2, 0) is 17.9 Å². The van der Waals surface area contributed by atoms with Gasteiger partial charge in [-0.15, -0.1) is 0 Å². The third kappa shape index (κ3) is 4.16. The van der Waals surface area contributed by atoms with Crippen LogP contribution in [0.5, 0.6) is 0 Å². The van der Waals surface area contributed by atoms with Crippen LogP contribution in [0.2, 0.25) is 0 Å². The molecule has 2 N–H and O–H groups in total. The van der Waals surface area contributed by atoms with Crippen molar-refractivity contribution in [2.75, 3.05) is 6.54 Å². The molecule has 1 aromatic rings. The van der Waals surface area contributed by atoms with E-state index in [2.05, 4.69) is 29.1 Å². The standard InChI is InChI=1S/C11H18N2O2/c1-2-7-13-8-3-4-10(13)9-12-6-5-11(14)15/h3-4,8,12H,2,5-7,9H2,1H3,(H,14,15). The molecule has 15 heavy (non-hydrogen) atoms. The molecule has 0 radical (unpaired) electrons. The van der Waals surface area contributed by atoms with Crippen molar-refractivity contribution in [2.24, 2.45) is 0 Å². The fourth-order valence-corrected chi connectivity index (χ4v) is 1.48. The number of aliphatic carboxylic acids is 1. The first kappa shape index (κ1) is 11.8. The van der Waals surface area contributed by atoms with E-state index in [4.69, 9.17) is 5.11 Å². The predicted octanol–water partition coefficient (Wildman–Crippen LogP) is 1.46. The smallest absolute Gasteiger partial charge is 0.304 e. The van der Waals surface area contributed by atoms with Crippen LogP contribution in [0.4, 0.5) is 0 Å². The first-order valence-corrected chi connectivity index (χ1v) is 5.30. The molecule has 4 heteroatoms. The van der Waals surface area contributed by atoms with Gasteiger partial charge in [-0.25, -0.2) is 0 Å². The lowest BCUT2D eigenvalue weighted by atomic mass is 10.3. The SMILES string of the molecule is CCCn1cccc1CNCCC(=O)O. The van der Waals surface area contributed by atoms with Crippen molar-refractivity contribution in [3.05, 3.63) is 24.0 Å². The molecule has 0 unspecified atom stereocenters. The van der Waals surface area contributed by atoms with E-state index in [-0.39, 0.29) is 6.42 Å². The second-order valence-electron chi connectivity index (χ2n) is 3.51. The first-order chi connectivity index (χ1) is 7.24. The molecule has 0 spiro atoms. The zero-order valence-electron chi connectivity index (χ0n) is 9.07. The second-order valence-corrected chi connectivity index (χ2v) is 3.51. The molecule has 0 fully saturated rings. The van der Waals surface area contributed by atoms with Crippen molar-refractivity contribution < 1.29 is 9.90 Å². The van der Waals surface area contributed by atoms with Crippen molar-refractivity contribution in [1.29, 1.82) is 0 Å². The van der Waals surface area contributed by atoms with E-state index in [9.17, 15) is 4.79 Å². The average Bonchev–Trinajstić information content (AvgIpc) is 2.61. The van der Waals surface area contributed by atoms with Crippen LogP contribution >= 0.6 is 0 Å². The Balaban J connectivity index is 2.30. The number of hydrogen-bond acceptors (Lipinski definition) is 2. The Morgan fingerprint density at radius 2 is 2.40 bits per heavy atom. The van der Waals surface area contributed by atoms with Gasteiger partial charge >= 0.3 is 5.97 Å². The molecule has 0 amide bonds. The lowest BCUT2D eigenvalue weighted by Crippen LogP contribution is -2.19. The Morgan fingerprint density at radius 3 is 3.07 bits per heavy atom. The number of aryl methyl sites for hydroxylation is 1. The molecule has 4 nitrogen and oxygen atoms in total. The number of nitrogens with zero attached hydrogens (tertiary/aromatic N) is 1. The first-order valence-electron chi connectivity index (χ1n) is 5.30. The number of rotatable bonds is 7. The maximum atomic E-state index is 10.3. The van der Waals surface area contributed by atoms with Crippen LogP contribution in [-0.4, -0.2) is 22.2 Å². The van der Waals surface area contributed by atoms with Crippen LogP contribution in [0, 0.1) is 0 Å². The number of aromatic nitrogens is 1. The van der Waals surface area contributed by atoms with E-state index in [0.717, 1.165) is 19.5 Å². The van der Waals surface area contributed by atoms with Crippen molar-refractivity contribution in [1.82, 2.24) is 9.88 Å². The lowest BCUT2D eigenvalue weighted by molar-refractivity contribution is -0.136. The van der Waals surface area contributed by atoms with E-state index in [1.54, 1.807) is 0 Å². The monoisotopic (exact) mass is 210 g/mol. The molecule has 0 atom stereocenters. The minimum absolute atomic E-state index is 0.175. The molecule has 0 bridgehead atoms. The van der Waals surface area contributed by atoms with Gasteiger partial charge in [-0.1, -0.05) is 6.92 Å². The predicted molar refractivity (Wildman–Crippen MR) is 58.7 cm³/mol. The molecular weight excluding hydrogens is 192 g/mol. The Morgan fingerprint density at radius 1 is 1.60 bits per heavy atom. The summed E-state index contributed by atoms with van der Waals surface area (Å²) >= 11 is 0. The van der Waals surface area contributed by atoms with E-state index in [1.165, 1.54) is 5.69 Å². The molecule has 84 valence electrons. The maximum Gasteiger partial charge on any atom is 0.304 e. The van der Waals surface area contributed by atoms with Crippen molar-refractivity contribution in [3.8, 4) is 0 Å². The van der Waals surface area contributed by atoms with Gasteiger partial charge in [0.2, 0.25) is 0 Å². The van der Waals surface area contributed by atoms with Gasteiger partial charge in [-0.2, -0.15) is 0 Å². The van der Waals surface area contributed by atoms with Gasteiger partial charge in [-0.3, -0.25) is 4.79 Å². The molecule has 0 saturated carbocycles. The molecule has 1 rings (SSSR count). The molecule has 0 saturated heterocycles. The van der Waals surface area contributed by atoms with Gasteiger partial charge in [0, 0.05) is 31.5 Å². The summed E-state index contributed by atoms with van der Waals surface area (Å²) in [5.41, 5.74) is 1.21. The molecule has 1 heterocycles. The largest absolute Gasteiger partial charge is 0.481 e. The van der Waals surface area contributed by atoms with Crippen LogP contribution in [0.1, 0.15) is 25.5 Å². The summed E-state index contributed by atoms with van der Waals surface area (Å²) in [5.74, 6) is -0.758. The van der Waals surface area contributed by atoms with Crippen molar-refractivity contribution in [2.45, 2.75) is 32.9 Å². The zero-order chi connectivity index (χ0) is 11.1. The molecule has 0 aliphatic carbocycles. The quantitative estimate of drug-likeness (QED) is 0.670. The van der Waals surface area contributed by atoms with Crippen LogP contribution in [0.15, 0.2) is 18.3 Å². The summed E-state index contributed by atoms with van der Waals surface area (Å²) in [6.45, 7) is 4.41. The Hall–Kier alpha value is -1.29. The van der Waals surface area contributed by atoms with Gasteiger partial charge < -0.3 is 15.0 Å². The molecule has 0 aliphatic rings. The molecule has 0 aromatic carbocycles. The second kappa shape index (κ2) is 6.24. The van der Waals surface area contributed by atoms with Gasteiger partial charge in [-0.05, 0) is 18.6 Å². The number of carbonyl (C=O) groups is 1. The summed E-state index contributed by atoms with van der Waals surface area (Å²) < 4.78 is 2.19. The Labute approximate surface area is 89.9 Å². The normalized spacial score (nSPS) is 10.5. The minimum atomic E-state index is -0.758. The van der Waals surface area contributed by atoms with E-state index >= 15 is 0 Å². The third-order valence-electron chi connectivity index (χ3n) is 2.21. The number of carboxylic acids is 1. The molecule has 0 aliphatic heterocycles. The highest BCUT2D eigenvalue weighted by atomic mass is 16.4. The fourth-order valence-electron chi connectivity index (χ4n) is 1.48. The van der Waals surface area contributed by atoms with Gasteiger partial charge in [0.1, 0.15) is 0 Å². The Kier molecular flexibility index (Phi) is 4.90. The third-order valence-corrected chi connectivity index (χ3v) is 2.21. The van der Waals surface area contributed by atoms with Crippen LogP contribution in [0.25, 0.3) is 0 Å². The summed E-state index contributed by atoms with van der Waals surface area (Å²) in [6, 6.07) is 4.08. The zero-order valence-corrected chi connectivity index (χ0v) is 9.07. The topological polar surface area (TPSA) is 54.3 Å². The summed E-state index contributed by atoms with van der Waals surface area (Å²) in [6.07, 6.45) is 3.34. The van der Waals surface area contributed by atoms with E-state index in [0.29, 0.717) is 6.54 Å². The van der Waals surface area contributed by atoms with Crippen LogP contribution in [0.3, 0.4) is 0 Å². The maximum absolute atomic E-state index is 10.3. The number of hydrogen-bond donors (Lipinski definition) is 2. The highest BCUT2D eigenvalue weighted by Crippen LogP contribution is 2.02. The van der Waals surface area contributed by atoms with Crippen molar-refractivity contribution >= 4 is 5.97 Å². The number of nitrogens with one attached hydrogen (secondary N) is 1. The summed E-state index contributed by atoms with van der Waals surface area (Å²) in [7, 11) is 0. The molecule has 1 aromatic heterocycles. The van der Waals surface area contributed by atoms with Gasteiger partial charge in [0.25, 0.3) is 0 Å². The lowest BCUT2D eigenvalue weighted by Gasteiger charge is -2.08. The number of carboxylic acid groups (broad SMARTS) is 1. The highest BCUT2D eigenvalue weighted by Gasteiger charge is 2.00. The minimum Gasteiger partial charge on any atom is -0.481 e. The van der Waals surface area contributed by atoms with Crippen LogP contribution < -0.4 is 5.32 Å². The van der Waals surface area contributed by atoms with E-state index < -0.39 is 5.97 Å². The molecular formula is C11H18N2O2. The van der Waals surface area contributed by atoms with Gasteiger partial charge in [0.15, 0.2) is 0 Å². The van der Waals surface area contributed by atoms with Crippen molar-refractivity contribution in [3.63, 3.8) is 0 Å². The highest BCUT2D eigenvalue weighted by molar-refractivity contribution is 5.66. The van der Waals surface area contributed by atoms with Gasteiger partial charge in [0.05, 0.1) is 6.42 Å². The fraction of sp³-hybridized carbons (Fsp3) is 0.545. The average molecular weight is 210 g/mol. The Bertz CT molecular complexity index is 307. The summed E-state index contributed by atoms with van der Waals surface area (Å²) in [5, 5.41) is 11.6. The van der Waals surface area contributed by atoms with E-state index in [1.807, 2.05) is 6.07 Å².